The van der Waals surface area contributed by atoms with Gasteiger partial charge in [0.05, 0.1) is 37.8 Å². The van der Waals surface area contributed by atoms with Gasteiger partial charge >= 0.3 is 35.8 Å². The average molecular weight is 1100 g/mol. The number of ether oxygens (including phenoxy) is 2. The van der Waals surface area contributed by atoms with Gasteiger partial charge in [0.15, 0.2) is 0 Å². The van der Waals surface area contributed by atoms with E-state index in [1.807, 2.05) is 70.5 Å². The highest BCUT2D eigenvalue weighted by atomic mass is 16.5. The molecule has 2 atom stereocenters. The lowest BCUT2D eigenvalue weighted by Crippen LogP contribution is -2.51. The van der Waals surface area contributed by atoms with Crippen molar-refractivity contribution in [2.45, 2.75) is 52.5 Å². The van der Waals surface area contributed by atoms with E-state index in [1.54, 1.807) is 13.8 Å². The number of carbonyl (C=O) groups is 8. The van der Waals surface area contributed by atoms with Crippen molar-refractivity contribution in [3.05, 3.63) is 118 Å². The van der Waals surface area contributed by atoms with Crippen LogP contribution in [0.5, 0.6) is 11.5 Å². The van der Waals surface area contributed by atoms with Crippen molar-refractivity contribution in [1.82, 2.24) is 29.6 Å². The molecule has 4 heterocycles. The third-order valence-corrected chi connectivity index (χ3v) is 11.2. The molecule has 28 heteroatoms. The van der Waals surface area contributed by atoms with Gasteiger partial charge in [0.2, 0.25) is 0 Å². The zero-order chi connectivity index (χ0) is 58.5. The zero-order valence-electron chi connectivity index (χ0n) is 42.5. The first kappa shape index (κ1) is 65.9. The van der Waals surface area contributed by atoms with E-state index in [0.29, 0.717) is 122 Å². The highest BCUT2D eigenvalue weighted by molar-refractivity contribution is 6.28. The first-order chi connectivity index (χ1) is 37.0. The maximum absolute atomic E-state index is 12.5. The summed E-state index contributed by atoms with van der Waals surface area (Å²) in [5.41, 5.74) is 4.56. The van der Waals surface area contributed by atoms with E-state index in [2.05, 4.69) is 19.8 Å². The Morgan fingerprint density at radius 3 is 0.987 bits per heavy atom. The normalized spacial score (nSPS) is 13.8. The Morgan fingerprint density at radius 1 is 0.462 bits per heavy atom. The molecule has 2 amide bonds. The topological polar surface area (TPSA) is 437 Å². The number of aryl methyl sites for hydroxylation is 2. The number of aliphatic hydroxyl groups is 6. The maximum Gasteiger partial charge on any atom is 0.414 e. The van der Waals surface area contributed by atoms with Crippen molar-refractivity contribution < 1.29 is 109 Å². The Labute approximate surface area is 445 Å². The molecule has 0 spiro atoms. The van der Waals surface area contributed by atoms with Crippen molar-refractivity contribution in [2.75, 3.05) is 78.7 Å². The fourth-order valence-corrected chi connectivity index (χ4v) is 7.21. The summed E-state index contributed by atoms with van der Waals surface area (Å²) in [6, 6.07) is 18.5. The van der Waals surface area contributed by atoms with Crippen LogP contribution >= 0.6 is 0 Å². The lowest BCUT2D eigenvalue weighted by molar-refractivity contribution is -0.159. The van der Waals surface area contributed by atoms with Crippen LogP contribution in [0.3, 0.4) is 0 Å². The molecular weight excluding hydrogens is 1040 g/mol. The summed E-state index contributed by atoms with van der Waals surface area (Å²) >= 11 is 0. The van der Waals surface area contributed by atoms with Gasteiger partial charge < -0.3 is 80.6 Å². The number of carbonyl (C=O) groups excluding carboxylic acids is 2. The third-order valence-electron chi connectivity index (χ3n) is 11.2. The molecule has 4 aromatic rings. The molecular formula is C50H64N6O22. The fraction of sp³-hybridized carbons (Fsp3) is 0.400. The number of pyridine rings is 2. The number of piperazine rings is 2. The van der Waals surface area contributed by atoms with E-state index in [0.717, 1.165) is 0 Å². The minimum atomic E-state index is -1.82. The summed E-state index contributed by atoms with van der Waals surface area (Å²) < 4.78 is 11.5. The van der Waals surface area contributed by atoms with Crippen LogP contribution in [0.4, 0.5) is 0 Å². The quantitative estimate of drug-likeness (QED) is 0.0575. The molecule has 2 unspecified atom stereocenters. The second-order valence-electron chi connectivity index (χ2n) is 16.7. The van der Waals surface area contributed by atoms with Crippen molar-refractivity contribution in [1.29, 1.82) is 0 Å². The molecule has 426 valence electrons. The number of carboxylic acids is 6. The number of nitrogens with zero attached hydrogens (tertiary/aromatic N) is 6. The molecule has 2 saturated heterocycles. The molecule has 0 aliphatic carbocycles. The largest absolute Gasteiger partial charge is 0.489 e. The number of rotatable bonds is 16. The van der Waals surface area contributed by atoms with E-state index in [4.69, 9.17) is 68.9 Å². The van der Waals surface area contributed by atoms with E-state index in [1.165, 1.54) is 12.4 Å². The number of hydrogen-bond acceptors (Lipinski definition) is 20. The van der Waals surface area contributed by atoms with Crippen LogP contribution in [0.2, 0.25) is 0 Å². The second kappa shape index (κ2) is 34.4. The van der Waals surface area contributed by atoms with Crippen molar-refractivity contribution in [3.8, 4) is 11.5 Å². The minimum Gasteiger partial charge on any atom is -0.489 e. The molecule has 78 heavy (non-hydrogen) atoms. The molecule has 0 bridgehead atoms. The molecule has 2 fully saturated rings. The number of amides is 2. The number of aliphatic carboxylic acids is 6. The molecule has 2 aliphatic rings. The number of hydrogen-bond donors (Lipinski definition) is 12. The van der Waals surface area contributed by atoms with E-state index >= 15 is 0 Å². The van der Waals surface area contributed by atoms with Crippen LogP contribution in [0.1, 0.15) is 54.4 Å². The molecule has 6 rings (SSSR count). The highest BCUT2D eigenvalue weighted by Crippen LogP contribution is 2.27. The number of aromatic nitrogens is 2. The smallest absolute Gasteiger partial charge is 0.414 e. The Bertz CT molecular complexity index is 2360. The Balaban J connectivity index is 0.000000406. The van der Waals surface area contributed by atoms with Crippen LogP contribution in [0.25, 0.3) is 0 Å². The van der Waals surface area contributed by atoms with E-state index in [9.17, 15) is 40.2 Å². The lowest BCUT2D eigenvalue weighted by Gasteiger charge is -2.35. The van der Waals surface area contributed by atoms with Crippen molar-refractivity contribution in [2.24, 2.45) is 0 Å². The van der Waals surface area contributed by atoms with Gasteiger partial charge in [-0.3, -0.25) is 29.4 Å². The van der Waals surface area contributed by atoms with Crippen molar-refractivity contribution >= 4 is 47.6 Å². The van der Waals surface area contributed by atoms with Crippen molar-refractivity contribution in [3.63, 3.8) is 0 Å². The van der Waals surface area contributed by atoms with Gasteiger partial charge in [-0.05, 0) is 38.1 Å². The van der Waals surface area contributed by atoms with Gasteiger partial charge in [0.1, 0.15) is 36.9 Å². The molecule has 2 aromatic carbocycles. The van der Waals surface area contributed by atoms with Gasteiger partial charge in [0, 0.05) is 111 Å². The van der Waals surface area contributed by atoms with E-state index < -0.39 is 48.0 Å². The van der Waals surface area contributed by atoms with Crippen LogP contribution in [-0.4, -0.2) is 229 Å². The number of β-amino-alcohol motifs (C(OH)–C–C–N with tert-alkyl or cyclic N) is 2. The molecule has 12 N–H and O–H groups in total. The Kier molecular flexibility index (Phi) is 29.1. The van der Waals surface area contributed by atoms with E-state index in [-0.39, 0.29) is 51.5 Å². The zero-order valence-corrected chi connectivity index (χ0v) is 42.5. The monoisotopic (exact) mass is 1100 g/mol. The van der Waals surface area contributed by atoms with Crippen LogP contribution in [-0.2, 0) is 55.2 Å². The summed E-state index contributed by atoms with van der Waals surface area (Å²) in [5, 5.41) is 103. The van der Waals surface area contributed by atoms with Gasteiger partial charge in [-0.15, -0.1) is 0 Å². The standard InChI is InChI=1S/2C22H29N3O5.3C2H2O4/c2*1-16-21(20(14-27)18(13-26)11-23-16)30-15-19(28)12-24-7-9-25(10-8-24)22(29)17-5-3-2-4-6-17;3*3-1(4)2(5)6/h2*2-6,11,19,26-28H,7-10,12-15H2,1H3;3*(H,3,4)(H,5,6). The summed E-state index contributed by atoms with van der Waals surface area (Å²) in [6.45, 7) is 8.57. The number of carboxylic acid groups (broad SMARTS) is 6. The number of benzene rings is 2. The fourth-order valence-electron chi connectivity index (χ4n) is 7.21. The van der Waals surface area contributed by atoms with Gasteiger partial charge in [-0.1, -0.05) is 36.4 Å². The van der Waals surface area contributed by atoms with Crippen LogP contribution in [0, 0.1) is 13.8 Å². The molecule has 0 radical (unpaired) electrons. The predicted molar refractivity (Wildman–Crippen MR) is 268 cm³/mol. The maximum atomic E-state index is 12.5. The predicted octanol–water partition coefficient (Wildman–Crippen LogP) is -1.39. The van der Waals surface area contributed by atoms with Crippen LogP contribution < -0.4 is 9.47 Å². The Hall–Kier alpha value is -8.22. The summed E-state index contributed by atoms with van der Waals surface area (Å²) in [7, 11) is 0. The summed E-state index contributed by atoms with van der Waals surface area (Å²) in [4.78, 5) is 95.9. The second-order valence-corrected chi connectivity index (χ2v) is 16.7. The molecule has 0 saturated carbocycles. The SMILES string of the molecule is Cc1ncc(CO)c(CO)c1OCC(O)CN1CCN(C(=O)c2ccccc2)CC1.Cc1ncc(CO)c(CO)c1OCC(O)CN1CCN(C(=O)c2ccccc2)CC1.O=C(O)C(=O)O.O=C(O)C(=O)O.O=C(O)C(=O)O. The average Bonchev–Trinajstić information content (AvgIpc) is 3.44. The summed E-state index contributed by atoms with van der Waals surface area (Å²) in [6.07, 6.45) is 1.57. The molecule has 2 aromatic heterocycles. The molecule has 2 aliphatic heterocycles. The van der Waals surface area contributed by atoms with Gasteiger partial charge in [0.25, 0.3) is 11.8 Å². The Morgan fingerprint density at radius 2 is 0.744 bits per heavy atom. The number of aliphatic hydroxyl groups excluding tert-OH is 6. The minimum absolute atomic E-state index is 0.0300. The molecule has 28 nitrogen and oxygen atoms in total. The first-order valence-corrected chi connectivity index (χ1v) is 23.5. The summed E-state index contributed by atoms with van der Waals surface area (Å²) in [5.74, 6) is -10.1. The van der Waals surface area contributed by atoms with Gasteiger partial charge in [-0.2, -0.15) is 0 Å². The highest BCUT2D eigenvalue weighted by Gasteiger charge is 2.26. The third kappa shape index (κ3) is 22.5. The van der Waals surface area contributed by atoms with Gasteiger partial charge in [-0.25, -0.2) is 28.8 Å². The lowest BCUT2D eigenvalue weighted by atomic mass is 10.1. The van der Waals surface area contributed by atoms with Crippen LogP contribution in [0.15, 0.2) is 73.1 Å². The first-order valence-electron chi connectivity index (χ1n) is 23.5.